The molecule has 7 rings (SSSR count). The summed E-state index contributed by atoms with van der Waals surface area (Å²) < 4.78 is 86.3. The average molecular weight is 666 g/mol. The van der Waals surface area contributed by atoms with Crippen molar-refractivity contribution in [3.05, 3.63) is 138 Å². The number of hydrogen-bond donors (Lipinski definition) is 0. The molecule has 0 unspecified atom stereocenters. The van der Waals surface area contributed by atoms with Gasteiger partial charge >= 0.3 is 12.4 Å². The molecule has 0 aliphatic carbocycles. The molecular formula is C41H29F6NO. The fourth-order valence-electron chi connectivity index (χ4n) is 6.08. The van der Waals surface area contributed by atoms with Gasteiger partial charge in [0.15, 0.2) is 5.58 Å². The topological polar surface area (TPSA) is 26.0 Å². The largest absolute Gasteiger partial charge is 0.436 e. The third-order valence-electron chi connectivity index (χ3n) is 8.54. The predicted octanol–water partition coefficient (Wildman–Crippen LogP) is 12.9. The Kier molecular flexibility index (Phi) is 8.05. The molecule has 7 aromatic rings. The lowest BCUT2D eigenvalue weighted by atomic mass is 9.95. The number of rotatable bonds is 6. The Morgan fingerprint density at radius 2 is 0.980 bits per heavy atom. The van der Waals surface area contributed by atoms with Crippen LogP contribution in [0.3, 0.4) is 0 Å². The van der Waals surface area contributed by atoms with Crippen molar-refractivity contribution < 1.29 is 30.8 Å². The van der Waals surface area contributed by atoms with Crippen LogP contribution in [0.2, 0.25) is 0 Å². The van der Waals surface area contributed by atoms with Gasteiger partial charge in [0.05, 0.1) is 11.1 Å². The first kappa shape index (κ1) is 32.2. The maximum Gasteiger partial charge on any atom is 0.416 e. The van der Waals surface area contributed by atoms with Crippen LogP contribution in [-0.4, -0.2) is 4.98 Å². The second-order valence-corrected chi connectivity index (χ2v) is 12.6. The molecule has 0 saturated carbocycles. The molecule has 8 heteroatoms. The fraction of sp³-hybridized carbons (Fsp3) is 0.146. The van der Waals surface area contributed by atoms with Crippen molar-refractivity contribution >= 4 is 21.9 Å². The smallest absolute Gasteiger partial charge is 0.416 e. The quantitative estimate of drug-likeness (QED) is 0.165. The van der Waals surface area contributed by atoms with Crippen LogP contribution in [0, 0.1) is 5.92 Å². The molecule has 0 N–H and O–H groups in total. The number of benzene rings is 6. The number of halogens is 6. The van der Waals surface area contributed by atoms with Crippen LogP contribution in [0.15, 0.2) is 126 Å². The summed E-state index contributed by atoms with van der Waals surface area (Å²) in [6.45, 7) is 4.37. The highest BCUT2D eigenvalue weighted by Crippen LogP contribution is 2.39. The first-order valence-corrected chi connectivity index (χ1v) is 15.7. The zero-order valence-corrected chi connectivity index (χ0v) is 26.5. The van der Waals surface area contributed by atoms with Gasteiger partial charge in [0.25, 0.3) is 0 Å². The van der Waals surface area contributed by atoms with E-state index in [9.17, 15) is 26.3 Å². The van der Waals surface area contributed by atoms with Crippen molar-refractivity contribution in [2.75, 3.05) is 0 Å². The molecule has 6 aromatic carbocycles. The minimum atomic E-state index is -4.91. The second-order valence-electron chi connectivity index (χ2n) is 12.6. The molecular weight excluding hydrogens is 636 g/mol. The van der Waals surface area contributed by atoms with Crippen LogP contribution in [0.25, 0.3) is 66.7 Å². The van der Waals surface area contributed by atoms with Gasteiger partial charge in [0.2, 0.25) is 5.89 Å². The van der Waals surface area contributed by atoms with Crippen molar-refractivity contribution in [1.29, 1.82) is 0 Å². The molecule has 2 nitrogen and oxygen atoms in total. The number of alkyl halides is 6. The van der Waals surface area contributed by atoms with Gasteiger partial charge in [-0.05, 0) is 117 Å². The van der Waals surface area contributed by atoms with Crippen LogP contribution in [0.5, 0.6) is 0 Å². The molecule has 49 heavy (non-hydrogen) atoms. The van der Waals surface area contributed by atoms with Crippen LogP contribution >= 0.6 is 0 Å². The first-order valence-electron chi connectivity index (χ1n) is 15.7. The van der Waals surface area contributed by atoms with Gasteiger partial charge in [0, 0.05) is 5.56 Å². The Hall–Kier alpha value is -5.37. The zero-order valence-electron chi connectivity index (χ0n) is 26.5. The number of oxazole rings is 1. The fourth-order valence-corrected chi connectivity index (χ4v) is 6.08. The van der Waals surface area contributed by atoms with Gasteiger partial charge < -0.3 is 4.42 Å². The summed E-state index contributed by atoms with van der Waals surface area (Å²) >= 11 is 0. The number of aromatic nitrogens is 1. The highest BCUT2D eigenvalue weighted by Gasteiger charge is 2.37. The summed E-state index contributed by atoms with van der Waals surface area (Å²) in [5.74, 6) is 1.12. The Bertz CT molecular complexity index is 2260. The van der Waals surface area contributed by atoms with E-state index in [1.54, 1.807) is 12.1 Å². The van der Waals surface area contributed by atoms with E-state index in [0.29, 0.717) is 11.8 Å². The lowest BCUT2D eigenvalue weighted by Gasteiger charge is -2.14. The summed E-state index contributed by atoms with van der Waals surface area (Å²) in [5.41, 5.74) is 4.84. The van der Waals surface area contributed by atoms with Crippen molar-refractivity contribution in [3.8, 4) is 44.8 Å². The van der Waals surface area contributed by atoms with E-state index in [0.717, 1.165) is 68.2 Å². The first-order chi connectivity index (χ1) is 23.3. The Labute approximate surface area is 278 Å². The standard InChI is InChI=1S/C41H29F6NO/c1-24(2)17-25-3-16-37-38(18-25)49-39(48-37)29-10-8-27(9-11-29)31-13-15-32-19-30(12-14-33(32)20-31)26-4-6-28(7-5-26)34-21-35(40(42,43)44)23-36(22-34)41(45,46)47/h3-16,18-24H,17H2,1-2H3. The highest BCUT2D eigenvalue weighted by atomic mass is 19.4. The van der Waals surface area contributed by atoms with E-state index >= 15 is 0 Å². The summed E-state index contributed by atoms with van der Waals surface area (Å²) in [6, 6.07) is 34.4. The third-order valence-corrected chi connectivity index (χ3v) is 8.54. The van der Waals surface area contributed by atoms with Gasteiger partial charge in [0.1, 0.15) is 5.52 Å². The molecule has 0 aliphatic heterocycles. The van der Waals surface area contributed by atoms with Crippen LogP contribution in [0.1, 0.15) is 30.5 Å². The molecule has 0 radical (unpaired) electrons. The molecule has 1 heterocycles. The average Bonchev–Trinajstić information content (AvgIpc) is 3.50. The molecule has 1 aromatic heterocycles. The Balaban J connectivity index is 1.11. The van der Waals surface area contributed by atoms with Crippen molar-refractivity contribution in [2.24, 2.45) is 5.92 Å². The predicted molar refractivity (Wildman–Crippen MR) is 182 cm³/mol. The Morgan fingerprint density at radius 3 is 1.47 bits per heavy atom. The van der Waals surface area contributed by atoms with Crippen LogP contribution in [0.4, 0.5) is 26.3 Å². The van der Waals surface area contributed by atoms with E-state index < -0.39 is 23.5 Å². The van der Waals surface area contributed by atoms with E-state index in [1.165, 1.54) is 17.7 Å². The van der Waals surface area contributed by atoms with Gasteiger partial charge in [-0.3, -0.25) is 0 Å². The van der Waals surface area contributed by atoms with E-state index in [-0.39, 0.29) is 17.2 Å². The maximum absolute atomic E-state index is 13.4. The molecule has 0 amide bonds. The van der Waals surface area contributed by atoms with Crippen molar-refractivity contribution in [2.45, 2.75) is 32.6 Å². The molecule has 0 aliphatic rings. The number of hydrogen-bond acceptors (Lipinski definition) is 2. The normalized spacial score (nSPS) is 12.3. The van der Waals surface area contributed by atoms with E-state index in [4.69, 9.17) is 4.42 Å². The minimum Gasteiger partial charge on any atom is -0.436 e. The summed E-state index contributed by atoms with van der Waals surface area (Å²) in [4.78, 5) is 4.68. The van der Waals surface area contributed by atoms with E-state index in [1.807, 2.05) is 60.7 Å². The van der Waals surface area contributed by atoms with Gasteiger partial charge in [-0.2, -0.15) is 26.3 Å². The lowest BCUT2D eigenvalue weighted by Crippen LogP contribution is -2.11. The van der Waals surface area contributed by atoms with Crippen LogP contribution < -0.4 is 0 Å². The third kappa shape index (κ3) is 6.81. The summed E-state index contributed by atoms with van der Waals surface area (Å²) in [6.07, 6.45) is -8.84. The van der Waals surface area contributed by atoms with Gasteiger partial charge in [-0.25, -0.2) is 4.98 Å². The van der Waals surface area contributed by atoms with Crippen molar-refractivity contribution in [1.82, 2.24) is 4.98 Å². The Morgan fingerprint density at radius 1 is 0.510 bits per heavy atom. The molecule has 0 atom stereocenters. The number of nitrogens with zero attached hydrogens (tertiary/aromatic N) is 1. The molecule has 0 saturated heterocycles. The molecule has 246 valence electrons. The highest BCUT2D eigenvalue weighted by molar-refractivity contribution is 5.91. The lowest BCUT2D eigenvalue weighted by molar-refractivity contribution is -0.143. The summed E-state index contributed by atoms with van der Waals surface area (Å²) in [7, 11) is 0. The maximum atomic E-state index is 13.4. The second kappa shape index (κ2) is 12.3. The van der Waals surface area contributed by atoms with Gasteiger partial charge in [-0.15, -0.1) is 0 Å². The molecule has 0 bridgehead atoms. The summed E-state index contributed by atoms with van der Waals surface area (Å²) in [5, 5.41) is 2.00. The molecule has 0 fully saturated rings. The zero-order chi connectivity index (χ0) is 34.5. The monoisotopic (exact) mass is 665 g/mol. The van der Waals surface area contributed by atoms with Gasteiger partial charge in [-0.1, -0.05) is 80.6 Å². The SMILES string of the molecule is CC(C)Cc1ccc2nc(-c3ccc(-c4ccc5cc(-c6ccc(-c7cc(C(F)(F)F)cc(C(F)(F)F)c7)cc6)ccc5c4)cc3)oc2c1. The van der Waals surface area contributed by atoms with E-state index in [2.05, 4.69) is 37.0 Å². The number of fused-ring (bicyclic) bond motifs is 2. The van der Waals surface area contributed by atoms with Crippen LogP contribution in [-0.2, 0) is 18.8 Å². The van der Waals surface area contributed by atoms with Crippen molar-refractivity contribution in [3.63, 3.8) is 0 Å². The molecule has 0 spiro atoms. The minimum absolute atomic E-state index is 0.135.